The topological polar surface area (TPSA) is 79.0 Å². The zero-order valence-electron chi connectivity index (χ0n) is 17.0. The third-order valence-corrected chi connectivity index (χ3v) is 5.64. The molecule has 0 spiro atoms. The van der Waals surface area contributed by atoms with Crippen LogP contribution in [-0.4, -0.2) is 55.5 Å². The van der Waals surface area contributed by atoms with Crippen molar-refractivity contribution in [3.63, 3.8) is 0 Å². The van der Waals surface area contributed by atoms with Crippen LogP contribution in [0.25, 0.3) is 0 Å². The number of anilines is 1. The van der Waals surface area contributed by atoms with Gasteiger partial charge in [-0.3, -0.25) is 14.4 Å². The fraction of sp³-hybridized carbons (Fsp3) is 0.348. The molecule has 2 aliphatic heterocycles. The van der Waals surface area contributed by atoms with Crippen LogP contribution in [-0.2, 0) is 16.1 Å². The van der Waals surface area contributed by atoms with E-state index in [9.17, 15) is 14.4 Å². The van der Waals surface area contributed by atoms with E-state index in [1.807, 2.05) is 30.3 Å². The zero-order valence-corrected chi connectivity index (χ0v) is 17.0. The summed E-state index contributed by atoms with van der Waals surface area (Å²) in [7, 11) is 1.58. The van der Waals surface area contributed by atoms with Crippen LogP contribution >= 0.6 is 0 Å². The van der Waals surface area contributed by atoms with Crippen LogP contribution in [0, 0.1) is 0 Å². The number of nitrogens with zero attached hydrogens (tertiary/aromatic N) is 2. The first-order valence-electron chi connectivity index (χ1n) is 10.2. The fourth-order valence-corrected chi connectivity index (χ4v) is 4.09. The second-order valence-electron chi connectivity index (χ2n) is 7.54. The molecule has 1 fully saturated rings. The first-order chi connectivity index (χ1) is 14.6. The molecule has 0 aromatic heterocycles. The molecule has 0 bridgehead atoms. The van der Waals surface area contributed by atoms with Gasteiger partial charge >= 0.3 is 0 Å². The Kier molecular flexibility index (Phi) is 5.81. The van der Waals surface area contributed by atoms with E-state index >= 15 is 0 Å². The Hall–Kier alpha value is -3.19. The standard InChI is InChI=1S/C23H25N3O4/c1-30-14-12-24-21(27)17-10-8-16(9-11-17)15-26-19-6-3-2-5-18(19)22(28)25-13-4-7-20(25)23(26)29/h2-3,5-6,8-11,20H,4,7,12-15H2,1H3,(H,24,27)/t20-/m1/s1. The van der Waals surface area contributed by atoms with Gasteiger partial charge in [0.05, 0.1) is 24.4 Å². The Morgan fingerprint density at radius 3 is 2.67 bits per heavy atom. The predicted octanol–water partition coefficient (Wildman–Crippen LogP) is 2.21. The highest BCUT2D eigenvalue weighted by Crippen LogP contribution is 2.33. The van der Waals surface area contributed by atoms with Crippen molar-refractivity contribution in [1.82, 2.24) is 10.2 Å². The van der Waals surface area contributed by atoms with Crippen LogP contribution in [0.2, 0.25) is 0 Å². The van der Waals surface area contributed by atoms with Gasteiger partial charge in [0.15, 0.2) is 0 Å². The van der Waals surface area contributed by atoms with Gasteiger partial charge in [0, 0.05) is 25.8 Å². The summed E-state index contributed by atoms with van der Waals surface area (Å²) in [5, 5.41) is 2.79. The van der Waals surface area contributed by atoms with Gasteiger partial charge in [0.25, 0.3) is 11.8 Å². The molecule has 1 atom stereocenters. The van der Waals surface area contributed by atoms with Gasteiger partial charge in [-0.25, -0.2) is 0 Å². The van der Waals surface area contributed by atoms with Gasteiger partial charge < -0.3 is 19.9 Å². The summed E-state index contributed by atoms with van der Waals surface area (Å²) in [5.74, 6) is -0.291. The van der Waals surface area contributed by atoms with Crippen molar-refractivity contribution in [3.05, 3.63) is 65.2 Å². The molecular weight excluding hydrogens is 382 g/mol. The van der Waals surface area contributed by atoms with Gasteiger partial charge in [0.1, 0.15) is 6.04 Å². The lowest BCUT2D eigenvalue weighted by Crippen LogP contribution is -2.44. The van der Waals surface area contributed by atoms with Crippen molar-refractivity contribution in [3.8, 4) is 0 Å². The summed E-state index contributed by atoms with van der Waals surface area (Å²) in [6, 6.07) is 14.1. The van der Waals surface area contributed by atoms with E-state index in [2.05, 4.69) is 5.32 Å². The first kappa shape index (κ1) is 20.1. The second-order valence-corrected chi connectivity index (χ2v) is 7.54. The average Bonchev–Trinajstić information content (AvgIpc) is 3.24. The number of hydrogen-bond donors (Lipinski definition) is 1. The van der Waals surface area contributed by atoms with Gasteiger partial charge in [0.2, 0.25) is 5.91 Å². The number of rotatable bonds is 6. The third-order valence-electron chi connectivity index (χ3n) is 5.64. The molecule has 2 aromatic carbocycles. The van der Waals surface area contributed by atoms with Crippen molar-refractivity contribution in [2.75, 3.05) is 31.7 Å². The van der Waals surface area contributed by atoms with Crippen LogP contribution in [0.3, 0.4) is 0 Å². The Balaban J connectivity index is 1.57. The third kappa shape index (κ3) is 3.80. The predicted molar refractivity (Wildman–Crippen MR) is 112 cm³/mol. The summed E-state index contributed by atoms with van der Waals surface area (Å²) >= 11 is 0. The van der Waals surface area contributed by atoms with Gasteiger partial charge in [-0.15, -0.1) is 0 Å². The number of fused-ring (bicyclic) bond motifs is 2. The molecule has 2 heterocycles. The molecule has 7 heteroatoms. The number of carbonyl (C=O) groups excluding carboxylic acids is 3. The van der Waals surface area contributed by atoms with Gasteiger partial charge in [-0.1, -0.05) is 24.3 Å². The van der Waals surface area contributed by atoms with E-state index in [4.69, 9.17) is 4.74 Å². The number of ether oxygens (including phenoxy) is 1. The maximum absolute atomic E-state index is 13.3. The highest BCUT2D eigenvalue weighted by atomic mass is 16.5. The minimum absolute atomic E-state index is 0.0489. The number of amides is 3. The highest BCUT2D eigenvalue weighted by Gasteiger charge is 2.41. The number of methoxy groups -OCH3 is 1. The molecule has 7 nitrogen and oxygen atoms in total. The number of hydrogen-bond acceptors (Lipinski definition) is 4. The van der Waals surface area contributed by atoms with Crippen LogP contribution in [0.15, 0.2) is 48.5 Å². The lowest BCUT2D eigenvalue weighted by atomic mass is 10.1. The number of nitrogens with one attached hydrogen (secondary N) is 1. The maximum Gasteiger partial charge on any atom is 0.256 e. The molecule has 0 saturated carbocycles. The van der Waals surface area contributed by atoms with Crippen LogP contribution < -0.4 is 10.2 Å². The van der Waals surface area contributed by atoms with Crippen molar-refractivity contribution >= 4 is 23.4 Å². The molecule has 0 radical (unpaired) electrons. The monoisotopic (exact) mass is 407 g/mol. The Morgan fingerprint density at radius 1 is 1.13 bits per heavy atom. The molecule has 2 aliphatic rings. The average molecular weight is 407 g/mol. The van der Waals surface area contributed by atoms with Crippen molar-refractivity contribution in [1.29, 1.82) is 0 Å². The summed E-state index contributed by atoms with van der Waals surface area (Å²) in [4.78, 5) is 41.9. The quantitative estimate of drug-likeness (QED) is 0.745. The largest absolute Gasteiger partial charge is 0.383 e. The van der Waals surface area contributed by atoms with E-state index in [0.717, 1.165) is 12.0 Å². The number of benzene rings is 2. The van der Waals surface area contributed by atoms with E-state index in [1.54, 1.807) is 35.1 Å². The minimum Gasteiger partial charge on any atom is -0.383 e. The molecule has 30 heavy (non-hydrogen) atoms. The molecule has 2 aromatic rings. The normalized spacial score (nSPS) is 18.1. The smallest absolute Gasteiger partial charge is 0.256 e. The molecule has 1 saturated heterocycles. The first-order valence-corrected chi connectivity index (χ1v) is 10.2. The summed E-state index contributed by atoms with van der Waals surface area (Å²) < 4.78 is 4.94. The summed E-state index contributed by atoms with van der Waals surface area (Å²) in [6.45, 7) is 1.86. The fourth-order valence-electron chi connectivity index (χ4n) is 4.09. The van der Waals surface area contributed by atoms with Crippen LogP contribution in [0.5, 0.6) is 0 Å². The molecule has 4 rings (SSSR count). The molecule has 3 amide bonds. The Labute approximate surface area is 175 Å². The van der Waals surface area contributed by atoms with E-state index in [-0.39, 0.29) is 17.7 Å². The Morgan fingerprint density at radius 2 is 1.90 bits per heavy atom. The lowest BCUT2D eigenvalue weighted by molar-refractivity contribution is -0.122. The van der Waals surface area contributed by atoms with E-state index in [0.29, 0.717) is 49.5 Å². The van der Waals surface area contributed by atoms with E-state index in [1.165, 1.54) is 0 Å². The molecule has 0 unspecified atom stereocenters. The SMILES string of the molecule is COCCNC(=O)c1ccc(CN2C(=O)[C@H]3CCCN3C(=O)c3ccccc32)cc1. The molecule has 156 valence electrons. The van der Waals surface area contributed by atoms with Gasteiger partial charge in [-0.05, 0) is 42.7 Å². The van der Waals surface area contributed by atoms with Crippen LogP contribution in [0.4, 0.5) is 5.69 Å². The highest BCUT2D eigenvalue weighted by molar-refractivity contribution is 6.11. The zero-order chi connectivity index (χ0) is 21.1. The van der Waals surface area contributed by atoms with E-state index < -0.39 is 6.04 Å². The number of carbonyl (C=O) groups is 3. The van der Waals surface area contributed by atoms with Crippen molar-refractivity contribution in [2.45, 2.75) is 25.4 Å². The summed E-state index contributed by atoms with van der Waals surface area (Å²) in [5.41, 5.74) is 2.65. The van der Waals surface area contributed by atoms with Crippen molar-refractivity contribution in [2.24, 2.45) is 0 Å². The lowest BCUT2D eigenvalue weighted by Gasteiger charge is -2.26. The maximum atomic E-state index is 13.3. The minimum atomic E-state index is -0.407. The molecule has 1 N–H and O–H groups in total. The molecular formula is C23H25N3O4. The summed E-state index contributed by atoms with van der Waals surface area (Å²) in [6.07, 6.45) is 1.53. The number of para-hydroxylation sites is 1. The van der Waals surface area contributed by atoms with Gasteiger partial charge in [-0.2, -0.15) is 0 Å². The molecule has 0 aliphatic carbocycles. The Bertz CT molecular complexity index is 957. The van der Waals surface area contributed by atoms with Crippen molar-refractivity contribution < 1.29 is 19.1 Å². The van der Waals surface area contributed by atoms with Crippen LogP contribution in [0.1, 0.15) is 39.1 Å². The second kappa shape index (κ2) is 8.67.